The van der Waals surface area contributed by atoms with Crippen molar-refractivity contribution in [3.05, 3.63) is 76.7 Å². The molecule has 3 aromatic rings. The van der Waals surface area contributed by atoms with Crippen LogP contribution < -0.4 is 9.47 Å². The standard InChI is InChI=1S/C35H41FN2O4/c1-20-5-6-21(2)38(20)19-27-15-25(11-13-28(27)29-17-33(41-4)37-18-30(29)36)31-14-12-23-7-10-26(16-32(23)42-31)34(24-8-9-24)22(3)35(39)40/h7,10-11,13,15-18,20-22,24,31,34H,5-6,8-9,12,14,19H2,1-4H3,(H,39,40)/t20-,21+,22-,31-,34?/m0/s1. The zero-order chi connectivity index (χ0) is 29.5. The van der Waals surface area contributed by atoms with E-state index in [-0.39, 0.29) is 17.8 Å². The van der Waals surface area contributed by atoms with Crippen LogP contribution in [0.1, 0.15) is 87.2 Å². The van der Waals surface area contributed by atoms with Crippen LogP contribution in [0.15, 0.2) is 48.7 Å². The molecule has 222 valence electrons. The van der Waals surface area contributed by atoms with Gasteiger partial charge < -0.3 is 14.6 Å². The predicted octanol–water partition coefficient (Wildman–Crippen LogP) is 7.55. The number of hydrogen-bond donors (Lipinski definition) is 1. The third kappa shape index (κ3) is 5.63. The number of carboxylic acids is 1. The normalized spacial score (nSPS) is 23.6. The molecule has 0 bridgehead atoms. The van der Waals surface area contributed by atoms with Crippen LogP contribution in [0.5, 0.6) is 11.6 Å². The number of carbonyl (C=O) groups is 1. The van der Waals surface area contributed by atoms with Crippen molar-refractivity contribution in [1.82, 2.24) is 9.88 Å². The number of ether oxygens (including phenoxy) is 2. The van der Waals surface area contributed by atoms with E-state index < -0.39 is 11.9 Å². The lowest BCUT2D eigenvalue weighted by Gasteiger charge is -2.30. The summed E-state index contributed by atoms with van der Waals surface area (Å²) in [5.74, 6) is 0.0982. The summed E-state index contributed by atoms with van der Waals surface area (Å²) in [7, 11) is 1.54. The molecule has 5 atom stereocenters. The first-order valence-corrected chi connectivity index (χ1v) is 15.3. The smallest absolute Gasteiger partial charge is 0.306 e. The van der Waals surface area contributed by atoms with Crippen LogP contribution in [0.3, 0.4) is 0 Å². The highest BCUT2D eigenvalue weighted by Gasteiger charge is 2.39. The van der Waals surface area contributed by atoms with E-state index in [1.807, 2.05) is 13.0 Å². The van der Waals surface area contributed by atoms with Crippen LogP contribution in [0, 0.1) is 17.7 Å². The second kappa shape index (κ2) is 11.7. The van der Waals surface area contributed by atoms with Gasteiger partial charge in [0, 0.05) is 30.3 Å². The van der Waals surface area contributed by atoms with E-state index in [4.69, 9.17) is 9.47 Å². The van der Waals surface area contributed by atoms with Crippen molar-refractivity contribution in [1.29, 1.82) is 0 Å². The van der Waals surface area contributed by atoms with Crippen LogP contribution >= 0.6 is 0 Å². The minimum atomic E-state index is -0.749. The second-order valence-electron chi connectivity index (χ2n) is 12.6. The first-order valence-electron chi connectivity index (χ1n) is 15.3. The minimum absolute atomic E-state index is 0.000599. The number of carboxylic acid groups (broad SMARTS) is 1. The summed E-state index contributed by atoms with van der Waals surface area (Å²) < 4.78 is 27.1. The number of likely N-dealkylation sites (tertiary alicyclic amines) is 1. The molecule has 42 heavy (non-hydrogen) atoms. The number of aryl methyl sites for hydroxylation is 1. The van der Waals surface area contributed by atoms with Gasteiger partial charge in [0.1, 0.15) is 17.7 Å². The number of halogens is 1. The number of methoxy groups -OCH3 is 1. The van der Waals surface area contributed by atoms with Gasteiger partial charge in [-0.3, -0.25) is 9.69 Å². The Kier molecular flexibility index (Phi) is 7.97. The fraction of sp³-hybridized carbons (Fsp3) is 0.486. The molecular formula is C35H41FN2O4. The maximum atomic E-state index is 15.1. The summed E-state index contributed by atoms with van der Waals surface area (Å²) in [6, 6.07) is 15.2. The number of nitrogens with zero attached hydrogens (tertiary/aromatic N) is 2. The molecule has 3 aliphatic rings. The summed E-state index contributed by atoms with van der Waals surface area (Å²) in [5, 5.41) is 9.76. The van der Waals surface area contributed by atoms with Crippen molar-refractivity contribution in [2.45, 2.75) is 89.9 Å². The molecule has 0 amide bonds. The number of hydrogen-bond acceptors (Lipinski definition) is 5. The summed E-state index contributed by atoms with van der Waals surface area (Å²) >= 11 is 0. The average Bonchev–Trinajstić information content (AvgIpc) is 3.78. The Morgan fingerprint density at radius 3 is 2.52 bits per heavy atom. The molecule has 1 aliphatic carbocycles. The average molecular weight is 573 g/mol. The van der Waals surface area contributed by atoms with Crippen molar-refractivity contribution in [2.24, 2.45) is 11.8 Å². The van der Waals surface area contributed by atoms with Crippen molar-refractivity contribution in [2.75, 3.05) is 7.11 Å². The van der Waals surface area contributed by atoms with Gasteiger partial charge >= 0.3 is 5.97 Å². The van der Waals surface area contributed by atoms with Gasteiger partial charge in [0.15, 0.2) is 0 Å². The Morgan fingerprint density at radius 2 is 1.83 bits per heavy atom. The summed E-state index contributed by atoms with van der Waals surface area (Å²) in [4.78, 5) is 18.4. The molecule has 7 heteroatoms. The van der Waals surface area contributed by atoms with Crippen LogP contribution in [-0.2, 0) is 17.8 Å². The Bertz CT molecular complexity index is 1460. The number of aromatic nitrogens is 1. The Balaban J connectivity index is 1.33. The zero-order valence-electron chi connectivity index (χ0n) is 25.0. The lowest BCUT2D eigenvalue weighted by Crippen LogP contribution is -2.32. The van der Waals surface area contributed by atoms with Gasteiger partial charge in [-0.25, -0.2) is 9.37 Å². The molecule has 2 aliphatic heterocycles. The van der Waals surface area contributed by atoms with E-state index in [2.05, 4.69) is 54.1 Å². The van der Waals surface area contributed by atoms with Crippen molar-refractivity contribution in [3.63, 3.8) is 0 Å². The van der Waals surface area contributed by atoms with Gasteiger partial charge in [0.25, 0.3) is 0 Å². The van der Waals surface area contributed by atoms with Crippen molar-refractivity contribution in [3.8, 4) is 22.8 Å². The number of pyridine rings is 1. The number of rotatable bonds is 9. The quantitative estimate of drug-likeness (QED) is 0.285. The van der Waals surface area contributed by atoms with Crippen LogP contribution in [0.4, 0.5) is 4.39 Å². The third-order valence-corrected chi connectivity index (χ3v) is 9.80. The molecule has 1 saturated heterocycles. The fourth-order valence-corrected chi connectivity index (χ4v) is 7.11. The molecule has 2 fully saturated rings. The van der Waals surface area contributed by atoms with Gasteiger partial charge in [-0.1, -0.05) is 37.3 Å². The molecule has 6 nitrogen and oxygen atoms in total. The van der Waals surface area contributed by atoms with Crippen LogP contribution in [-0.4, -0.2) is 40.2 Å². The molecule has 2 aromatic carbocycles. The van der Waals surface area contributed by atoms with E-state index in [1.54, 1.807) is 13.2 Å². The first kappa shape index (κ1) is 28.7. The van der Waals surface area contributed by atoms with Crippen LogP contribution in [0.25, 0.3) is 11.1 Å². The summed E-state index contributed by atoms with van der Waals surface area (Å²) in [5.41, 5.74) is 5.69. The molecule has 1 aromatic heterocycles. The maximum Gasteiger partial charge on any atom is 0.306 e. The van der Waals surface area contributed by atoms with Crippen molar-refractivity contribution >= 4 is 5.97 Å². The van der Waals surface area contributed by atoms with Crippen molar-refractivity contribution < 1.29 is 23.8 Å². The molecular weight excluding hydrogens is 531 g/mol. The number of benzene rings is 2. The van der Waals surface area contributed by atoms with E-state index in [1.165, 1.54) is 6.20 Å². The molecule has 1 unspecified atom stereocenters. The topological polar surface area (TPSA) is 71.9 Å². The first-order chi connectivity index (χ1) is 20.2. The van der Waals surface area contributed by atoms with E-state index >= 15 is 4.39 Å². The van der Waals surface area contributed by atoms with Gasteiger partial charge in [0.05, 0.1) is 19.2 Å². The van der Waals surface area contributed by atoms with Gasteiger partial charge in [-0.2, -0.15) is 0 Å². The van der Waals surface area contributed by atoms with E-state index in [0.717, 1.165) is 78.6 Å². The molecule has 1 N–H and O–H groups in total. The molecule has 0 spiro atoms. The summed E-state index contributed by atoms with van der Waals surface area (Å²) in [6.07, 6.45) is 7.29. The molecule has 0 radical (unpaired) electrons. The highest BCUT2D eigenvalue weighted by atomic mass is 19.1. The molecule has 6 rings (SSSR count). The monoisotopic (exact) mass is 572 g/mol. The number of fused-ring (bicyclic) bond motifs is 1. The van der Waals surface area contributed by atoms with Gasteiger partial charge in [-0.15, -0.1) is 0 Å². The highest BCUT2D eigenvalue weighted by Crippen LogP contribution is 2.48. The second-order valence-corrected chi connectivity index (χ2v) is 12.6. The largest absolute Gasteiger partial charge is 0.485 e. The minimum Gasteiger partial charge on any atom is -0.485 e. The van der Waals surface area contributed by atoms with E-state index in [9.17, 15) is 9.90 Å². The molecule has 1 saturated carbocycles. The lowest BCUT2D eigenvalue weighted by atomic mass is 9.82. The Morgan fingerprint density at radius 1 is 1.07 bits per heavy atom. The zero-order valence-corrected chi connectivity index (χ0v) is 25.0. The maximum absolute atomic E-state index is 15.1. The van der Waals surface area contributed by atoms with Crippen LogP contribution in [0.2, 0.25) is 0 Å². The fourth-order valence-electron chi connectivity index (χ4n) is 7.11. The highest BCUT2D eigenvalue weighted by molar-refractivity contribution is 5.71. The third-order valence-electron chi connectivity index (χ3n) is 9.80. The SMILES string of the molecule is COc1cc(-c2ccc([C@@H]3CCc4ccc(C(C5CC5)[C@H](C)C(=O)O)cc4O3)cc2CN2[C@H](C)CC[C@@H]2C)c(F)cn1. The Labute approximate surface area is 247 Å². The number of aliphatic carboxylic acids is 1. The van der Waals surface area contributed by atoms with E-state index in [0.29, 0.717) is 29.4 Å². The molecule has 3 heterocycles. The Hall–Kier alpha value is -3.45. The van der Waals surface area contributed by atoms with Gasteiger partial charge in [0.2, 0.25) is 5.88 Å². The lowest BCUT2D eigenvalue weighted by molar-refractivity contribution is -0.142. The predicted molar refractivity (Wildman–Crippen MR) is 160 cm³/mol. The summed E-state index contributed by atoms with van der Waals surface area (Å²) in [6.45, 7) is 7.07. The van der Waals surface area contributed by atoms with Gasteiger partial charge in [-0.05, 0) is 98.1 Å².